The molecule has 2 fully saturated rings. The topological polar surface area (TPSA) is 16.1 Å². The molecule has 1 saturated carbocycles. The van der Waals surface area contributed by atoms with Crippen LogP contribution in [-0.4, -0.2) is 18.1 Å². The van der Waals surface area contributed by atoms with Gasteiger partial charge in [-0.2, -0.15) is 0 Å². The van der Waals surface area contributed by atoms with Crippen molar-refractivity contribution >= 4 is 5.69 Å². The molecule has 1 aromatic heterocycles. The molecule has 0 aromatic carbocycles. The highest BCUT2D eigenvalue weighted by molar-refractivity contribution is 5.46. The summed E-state index contributed by atoms with van der Waals surface area (Å²) in [7, 11) is 0. The van der Waals surface area contributed by atoms with Gasteiger partial charge in [0.25, 0.3) is 0 Å². The molecule has 0 unspecified atom stereocenters. The van der Waals surface area contributed by atoms with Gasteiger partial charge in [0.1, 0.15) is 0 Å². The fourth-order valence-corrected chi connectivity index (χ4v) is 3.82. The van der Waals surface area contributed by atoms with E-state index in [4.69, 9.17) is 0 Å². The molecule has 1 saturated heterocycles. The third-order valence-corrected chi connectivity index (χ3v) is 5.21. The first kappa shape index (κ1) is 12.0. The monoisotopic (exact) mass is 244 g/mol. The Labute approximate surface area is 110 Å². The van der Waals surface area contributed by atoms with E-state index in [9.17, 15) is 0 Å². The van der Waals surface area contributed by atoms with Crippen molar-refractivity contribution in [3.63, 3.8) is 0 Å². The summed E-state index contributed by atoms with van der Waals surface area (Å²) in [6, 6.07) is 4.30. The van der Waals surface area contributed by atoms with E-state index in [1.54, 1.807) is 0 Å². The fourth-order valence-electron chi connectivity index (χ4n) is 3.82. The summed E-state index contributed by atoms with van der Waals surface area (Å²) in [4.78, 5) is 6.68. The van der Waals surface area contributed by atoms with E-state index in [1.165, 1.54) is 57.3 Å². The molecule has 0 bridgehead atoms. The average Bonchev–Trinajstić information content (AvgIpc) is 2.85. The molecule has 1 spiro atoms. The van der Waals surface area contributed by atoms with Crippen molar-refractivity contribution in [3.8, 4) is 0 Å². The molecule has 1 aromatic rings. The van der Waals surface area contributed by atoms with E-state index in [0.29, 0.717) is 5.41 Å². The minimum absolute atomic E-state index is 0.634. The number of hydrogen-bond donors (Lipinski definition) is 0. The van der Waals surface area contributed by atoms with Crippen LogP contribution in [0.4, 0.5) is 5.69 Å². The molecule has 98 valence electrons. The highest BCUT2D eigenvalue weighted by Gasteiger charge is 2.40. The van der Waals surface area contributed by atoms with E-state index in [1.807, 2.05) is 12.4 Å². The highest BCUT2D eigenvalue weighted by Crippen LogP contribution is 2.46. The maximum atomic E-state index is 4.12. The van der Waals surface area contributed by atoms with Crippen LogP contribution < -0.4 is 4.90 Å². The molecule has 1 aliphatic heterocycles. The van der Waals surface area contributed by atoms with Gasteiger partial charge in [-0.15, -0.1) is 0 Å². The second-order valence-corrected chi connectivity index (χ2v) is 6.23. The number of nitrogens with zero attached hydrogens (tertiary/aromatic N) is 2. The molecule has 0 atom stereocenters. The largest absolute Gasteiger partial charge is 0.371 e. The van der Waals surface area contributed by atoms with Crippen LogP contribution in [-0.2, 0) is 0 Å². The number of rotatable bonds is 2. The smallest absolute Gasteiger partial charge is 0.0397 e. The second kappa shape index (κ2) is 4.91. The van der Waals surface area contributed by atoms with Gasteiger partial charge in [-0.25, -0.2) is 0 Å². The SMILES string of the molecule is CCC1CCC2(CC1)CCN(c1ccncc1)C2. The predicted molar refractivity (Wildman–Crippen MR) is 75.7 cm³/mol. The van der Waals surface area contributed by atoms with Crippen molar-refractivity contribution in [2.24, 2.45) is 11.3 Å². The summed E-state index contributed by atoms with van der Waals surface area (Å²) in [5, 5.41) is 0. The van der Waals surface area contributed by atoms with Gasteiger partial charge >= 0.3 is 0 Å². The third kappa shape index (κ3) is 2.25. The van der Waals surface area contributed by atoms with Gasteiger partial charge < -0.3 is 4.90 Å². The quantitative estimate of drug-likeness (QED) is 0.785. The van der Waals surface area contributed by atoms with Gasteiger partial charge in [-0.1, -0.05) is 13.3 Å². The van der Waals surface area contributed by atoms with Gasteiger partial charge in [-0.05, 0) is 55.6 Å². The molecule has 3 rings (SSSR count). The Bertz CT molecular complexity index is 379. The predicted octanol–water partition coefficient (Wildman–Crippen LogP) is 3.88. The lowest BCUT2D eigenvalue weighted by Crippen LogP contribution is -2.31. The Hall–Kier alpha value is -1.05. The summed E-state index contributed by atoms with van der Waals surface area (Å²) >= 11 is 0. The maximum absolute atomic E-state index is 4.12. The summed E-state index contributed by atoms with van der Waals surface area (Å²) in [5.41, 5.74) is 1.99. The zero-order chi connectivity index (χ0) is 12.4. The van der Waals surface area contributed by atoms with Crippen LogP contribution in [0.25, 0.3) is 0 Å². The van der Waals surface area contributed by atoms with Gasteiger partial charge in [0.2, 0.25) is 0 Å². The molecule has 18 heavy (non-hydrogen) atoms. The number of aromatic nitrogens is 1. The standard InChI is InChI=1S/C16H24N2/c1-2-14-3-7-16(8-4-14)9-12-18(13-16)15-5-10-17-11-6-15/h5-6,10-11,14H,2-4,7-9,12-13H2,1H3. The van der Waals surface area contributed by atoms with Crippen molar-refractivity contribution in [3.05, 3.63) is 24.5 Å². The van der Waals surface area contributed by atoms with Crippen molar-refractivity contribution in [2.75, 3.05) is 18.0 Å². The Morgan fingerprint density at radius 2 is 1.94 bits per heavy atom. The third-order valence-electron chi connectivity index (χ3n) is 5.21. The van der Waals surface area contributed by atoms with Crippen LogP contribution in [0, 0.1) is 11.3 Å². The van der Waals surface area contributed by atoms with Crippen molar-refractivity contribution < 1.29 is 0 Å². The van der Waals surface area contributed by atoms with Gasteiger partial charge in [0.05, 0.1) is 0 Å². The summed E-state index contributed by atoms with van der Waals surface area (Å²) in [6.45, 7) is 4.86. The van der Waals surface area contributed by atoms with Crippen LogP contribution in [0.3, 0.4) is 0 Å². The van der Waals surface area contributed by atoms with Gasteiger partial charge in [-0.3, -0.25) is 4.98 Å². The lowest BCUT2D eigenvalue weighted by Gasteiger charge is -2.37. The van der Waals surface area contributed by atoms with E-state index >= 15 is 0 Å². The maximum Gasteiger partial charge on any atom is 0.0397 e. The molecule has 1 aliphatic carbocycles. The van der Waals surface area contributed by atoms with Crippen molar-refractivity contribution in [2.45, 2.75) is 45.4 Å². The summed E-state index contributed by atoms with van der Waals surface area (Å²) < 4.78 is 0. The minimum Gasteiger partial charge on any atom is -0.371 e. The Kier molecular flexibility index (Phi) is 3.27. The van der Waals surface area contributed by atoms with Crippen LogP contribution in [0.2, 0.25) is 0 Å². The van der Waals surface area contributed by atoms with Crippen molar-refractivity contribution in [1.82, 2.24) is 4.98 Å². The molecule has 2 heteroatoms. The lowest BCUT2D eigenvalue weighted by molar-refractivity contribution is 0.170. The number of anilines is 1. The Balaban J connectivity index is 1.65. The number of pyridine rings is 1. The van der Waals surface area contributed by atoms with Crippen LogP contribution >= 0.6 is 0 Å². The minimum atomic E-state index is 0.634. The molecule has 2 aliphatic rings. The zero-order valence-corrected chi connectivity index (χ0v) is 11.4. The molecule has 2 heterocycles. The first-order chi connectivity index (χ1) is 8.81. The Morgan fingerprint density at radius 3 is 2.61 bits per heavy atom. The second-order valence-electron chi connectivity index (χ2n) is 6.23. The summed E-state index contributed by atoms with van der Waals surface area (Å²) in [5.74, 6) is 1.01. The van der Waals surface area contributed by atoms with Crippen molar-refractivity contribution in [1.29, 1.82) is 0 Å². The normalized spacial score (nSPS) is 32.1. The first-order valence-electron chi connectivity index (χ1n) is 7.46. The molecular formula is C16H24N2. The molecule has 0 radical (unpaired) electrons. The van der Waals surface area contributed by atoms with Crippen LogP contribution in [0.5, 0.6) is 0 Å². The van der Waals surface area contributed by atoms with E-state index in [2.05, 4.69) is 28.9 Å². The van der Waals surface area contributed by atoms with E-state index < -0.39 is 0 Å². The zero-order valence-electron chi connectivity index (χ0n) is 11.4. The molecule has 0 amide bonds. The van der Waals surface area contributed by atoms with Crippen LogP contribution in [0.1, 0.15) is 45.4 Å². The highest BCUT2D eigenvalue weighted by atomic mass is 15.2. The van der Waals surface area contributed by atoms with Gasteiger partial charge in [0, 0.05) is 31.2 Å². The van der Waals surface area contributed by atoms with E-state index in [-0.39, 0.29) is 0 Å². The first-order valence-corrected chi connectivity index (χ1v) is 7.46. The lowest BCUT2D eigenvalue weighted by atomic mass is 9.69. The summed E-state index contributed by atoms with van der Waals surface area (Å²) in [6.07, 6.45) is 12.4. The molecule has 0 N–H and O–H groups in total. The van der Waals surface area contributed by atoms with Crippen LogP contribution in [0.15, 0.2) is 24.5 Å². The Morgan fingerprint density at radius 1 is 1.22 bits per heavy atom. The molecular weight excluding hydrogens is 220 g/mol. The van der Waals surface area contributed by atoms with E-state index in [0.717, 1.165) is 5.92 Å². The van der Waals surface area contributed by atoms with Gasteiger partial charge in [0.15, 0.2) is 0 Å². The molecule has 2 nitrogen and oxygen atoms in total. The number of hydrogen-bond acceptors (Lipinski definition) is 2. The fraction of sp³-hybridized carbons (Fsp3) is 0.688. The average molecular weight is 244 g/mol.